The number of nitrogens with two attached hydrogens (primary N) is 1. The molecule has 1 amide bonds. The Labute approximate surface area is 115 Å². The van der Waals surface area contributed by atoms with Crippen LogP contribution < -0.4 is 5.73 Å². The van der Waals surface area contributed by atoms with Gasteiger partial charge >= 0.3 is 0 Å². The standard InChI is InChI=1S/C12H15N3O3S/c1-8-7-14(4-5-19-8)12(16)9-2-3-10(13)11(6-9)15(17)18/h2-3,6,8H,4-5,7,13H2,1H3. The summed E-state index contributed by atoms with van der Waals surface area (Å²) in [5.41, 5.74) is 5.70. The fourth-order valence-electron chi connectivity index (χ4n) is 2.02. The first kappa shape index (κ1) is 13.7. The Kier molecular flexibility index (Phi) is 3.94. The summed E-state index contributed by atoms with van der Waals surface area (Å²) in [6, 6.07) is 4.20. The Hall–Kier alpha value is -1.76. The van der Waals surface area contributed by atoms with E-state index in [1.165, 1.54) is 18.2 Å². The minimum Gasteiger partial charge on any atom is -0.393 e. The highest BCUT2D eigenvalue weighted by atomic mass is 32.2. The van der Waals surface area contributed by atoms with Gasteiger partial charge in [0.1, 0.15) is 5.69 Å². The van der Waals surface area contributed by atoms with E-state index >= 15 is 0 Å². The van der Waals surface area contributed by atoms with Crippen LogP contribution in [0.4, 0.5) is 11.4 Å². The molecule has 1 saturated heterocycles. The molecule has 0 saturated carbocycles. The molecule has 102 valence electrons. The summed E-state index contributed by atoms with van der Waals surface area (Å²) in [5.74, 6) is 0.722. The number of nitro groups is 1. The predicted molar refractivity (Wildman–Crippen MR) is 75.3 cm³/mol. The van der Waals surface area contributed by atoms with Gasteiger partial charge in [-0.3, -0.25) is 14.9 Å². The van der Waals surface area contributed by atoms with Crippen LogP contribution in [0.2, 0.25) is 0 Å². The number of hydrogen-bond donors (Lipinski definition) is 1. The fraction of sp³-hybridized carbons (Fsp3) is 0.417. The number of nitrogens with zero attached hydrogens (tertiary/aromatic N) is 2. The zero-order chi connectivity index (χ0) is 14.0. The van der Waals surface area contributed by atoms with Crippen LogP contribution in [0.5, 0.6) is 0 Å². The molecule has 0 aromatic heterocycles. The van der Waals surface area contributed by atoms with Crippen LogP contribution in [0.15, 0.2) is 18.2 Å². The quantitative estimate of drug-likeness (QED) is 0.507. The normalized spacial score (nSPS) is 19.2. The Morgan fingerprint density at radius 1 is 1.58 bits per heavy atom. The molecule has 1 aliphatic rings. The van der Waals surface area contributed by atoms with Crippen molar-refractivity contribution in [3.05, 3.63) is 33.9 Å². The fourth-order valence-corrected chi connectivity index (χ4v) is 3.03. The molecule has 1 aromatic carbocycles. The molecule has 0 radical (unpaired) electrons. The average Bonchev–Trinajstić information content (AvgIpc) is 2.38. The van der Waals surface area contributed by atoms with Gasteiger partial charge < -0.3 is 10.6 Å². The van der Waals surface area contributed by atoms with Crippen molar-refractivity contribution >= 4 is 29.0 Å². The second kappa shape index (κ2) is 5.48. The van der Waals surface area contributed by atoms with Crippen LogP contribution in [-0.2, 0) is 0 Å². The number of rotatable bonds is 2. The van der Waals surface area contributed by atoms with Crippen LogP contribution in [0.25, 0.3) is 0 Å². The van der Waals surface area contributed by atoms with Crippen molar-refractivity contribution in [1.82, 2.24) is 4.90 Å². The van der Waals surface area contributed by atoms with Crippen LogP contribution in [0.1, 0.15) is 17.3 Å². The van der Waals surface area contributed by atoms with Gasteiger partial charge in [-0.1, -0.05) is 6.92 Å². The first-order valence-electron chi connectivity index (χ1n) is 5.94. The SMILES string of the molecule is CC1CN(C(=O)c2ccc(N)c([N+](=O)[O-])c2)CCS1. The molecule has 7 heteroatoms. The van der Waals surface area contributed by atoms with Gasteiger partial charge in [0.05, 0.1) is 4.92 Å². The summed E-state index contributed by atoms with van der Waals surface area (Å²) in [7, 11) is 0. The van der Waals surface area contributed by atoms with Crippen molar-refractivity contribution in [2.24, 2.45) is 0 Å². The summed E-state index contributed by atoms with van der Waals surface area (Å²) in [6.07, 6.45) is 0. The third-order valence-corrected chi connectivity index (χ3v) is 4.14. The van der Waals surface area contributed by atoms with E-state index in [1.54, 1.807) is 4.90 Å². The number of benzene rings is 1. The van der Waals surface area contributed by atoms with Gasteiger partial charge in [-0.05, 0) is 12.1 Å². The average molecular weight is 281 g/mol. The van der Waals surface area contributed by atoms with Crippen molar-refractivity contribution in [1.29, 1.82) is 0 Å². The number of anilines is 1. The van der Waals surface area contributed by atoms with Crippen LogP contribution in [0.3, 0.4) is 0 Å². The number of carbonyl (C=O) groups excluding carboxylic acids is 1. The minimum atomic E-state index is -0.569. The number of hydrogen-bond acceptors (Lipinski definition) is 5. The van der Waals surface area contributed by atoms with Crippen molar-refractivity contribution in [2.45, 2.75) is 12.2 Å². The molecular formula is C12H15N3O3S. The molecule has 1 unspecified atom stereocenters. The maximum Gasteiger partial charge on any atom is 0.292 e. The first-order chi connectivity index (χ1) is 8.99. The maximum absolute atomic E-state index is 12.3. The highest BCUT2D eigenvalue weighted by Gasteiger charge is 2.24. The van der Waals surface area contributed by atoms with Crippen LogP contribution in [0, 0.1) is 10.1 Å². The summed E-state index contributed by atoms with van der Waals surface area (Å²) < 4.78 is 0. The number of thioether (sulfide) groups is 1. The van der Waals surface area contributed by atoms with Gasteiger partial charge in [-0.2, -0.15) is 11.8 Å². The number of nitro benzene ring substituents is 1. The molecular weight excluding hydrogens is 266 g/mol. The molecule has 1 aromatic rings. The number of nitrogen functional groups attached to an aromatic ring is 1. The van der Waals surface area contributed by atoms with Gasteiger partial charge in [-0.25, -0.2) is 0 Å². The number of amides is 1. The van der Waals surface area contributed by atoms with E-state index in [9.17, 15) is 14.9 Å². The van der Waals surface area contributed by atoms with Crippen molar-refractivity contribution < 1.29 is 9.72 Å². The lowest BCUT2D eigenvalue weighted by Gasteiger charge is -2.30. The highest BCUT2D eigenvalue weighted by molar-refractivity contribution is 7.99. The molecule has 1 heterocycles. The van der Waals surface area contributed by atoms with E-state index in [4.69, 9.17) is 5.73 Å². The second-order valence-electron chi connectivity index (χ2n) is 4.46. The molecule has 0 bridgehead atoms. The lowest BCUT2D eigenvalue weighted by molar-refractivity contribution is -0.383. The molecule has 2 rings (SSSR count). The smallest absolute Gasteiger partial charge is 0.292 e. The monoisotopic (exact) mass is 281 g/mol. The zero-order valence-electron chi connectivity index (χ0n) is 10.5. The van der Waals surface area contributed by atoms with E-state index in [0.717, 1.165) is 5.75 Å². The van der Waals surface area contributed by atoms with Crippen LogP contribution >= 0.6 is 11.8 Å². The van der Waals surface area contributed by atoms with Gasteiger partial charge in [0.25, 0.3) is 11.6 Å². The molecule has 1 aliphatic heterocycles. The Balaban J connectivity index is 2.24. The Bertz CT molecular complexity index is 521. The molecule has 2 N–H and O–H groups in total. The van der Waals surface area contributed by atoms with E-state index in [-0.39, 0.29) is 17.3 Å². The summed E-state index contributed by atoms with van der Waals surface area (Å²) >= 11 is 1.82. The highest BCUT2D eigenvalue weighted by Crippen LogP contribution is 2.25. The molecule has 1 fully saturated rings. The second-order valence-corrected chi connectivity index (χ2v) is 6.01. The van der Waals surface area contributed by atoms with E-state index in [2.05, 4.69) is 6.92 Å². The zero-order valence-corrected chi connectivity index (χ0v) is 11.4. The molecule has 6 nitrogen and oxygen atoms in total. The Morgan fingerprint density at radius 2 is 2.32 bits per heavy atom. The van der Waals surface area contributed by atoms with Gasteiger partial charge in [0.15, 0.2) is 0 Å². The lowest BCUT2D eigenvalue weighted by atomic mass is 10.1. The van der Waals surface area contributed by atoms with Gasteiger partial charge in [0.2, 0.25) is 0 Å². The van der Waals surface area contributed by atoms with E-state index < -0.39 is 4.92 Å². The molecule has 1 atom stereocenters. The maximum atomic E-state index is 12.3. The van der Waals surface area contributed by atoms with Gasteiger partial charge in [-0.15, -0.1) is 0 Å². The summed E-state index contributed by atoms with van der Waals surface area (Å²) in [5, 5.41) is 11.2. The number of carbonyl (C=O) groups is 1. The molecule has 0 spiro atoms. The van der Waals surface area contributed by atoms with Gasteiger partial charge in [0, 0.05) is 35.7 Å². The Morgan fingerprint density at radius 3 is 2.95 bits per heavy atom. The molecule has 19 heavy (non-hydrogen) atoms. The minimum absolute atomic E-state index is 0.0733. The largest absolute Gasteiger partial charge is 0.393 e. The summed E-state index contributed by atoms with van der Waals surface area (Å²) in [6.45, 7) is 3.41. The first-order valence-corrected chi connectivity index (χ1v) is 6.98. The van der Waals surface area contributed by atoms with Crippen LogP contribution in [-0.4, -0.2) is 39.8 Å². The predicted octanol–water partition coefficient (Wildman–Crippen LogP) is 1.75. The van der Waals surface area contributed by atoms with Crippen molar-refractivity contribution in [3.8, 4) is 0 Å². The lowest BCUT2D eigenvalue weighted by Crippen LogP contribution is -2.41. The third kappa shape index (κ3) is 2.98. The van der Waals surface area contributed by atoms with Crippen molar-refractivity contribution in [2.75, 3.05) is 24.6 Å². The van der Waals surface area contributed by atoms with Crippen molar-refractivity contribution in [3.63, 3.8) is 0 Å². The third-order valence-electron chi connectivity index (χ3n) is 3.00. The van der Waals surface area contributed by atoms with E-state index in [0.29, 0.717) is 23.9 Å². The molecule has 0 aliphatic carbocycles. The summed E-state index contributed by atoms with van der Waals surface area (Å²) in [4.78, 5) is 24.3. The topological polar surface area (TPSA) is 89.5 Å². The van der Waals surface area contributed by atoms with E-state index in [1.807, 2.05) is 11.8 Å².